The topological polar surface area (TPSA) is 49.2 Å². The summed E-state index contributed by atoms with van der Waals surface area (Å²) in [5.41, 5.74) is -0.237. The van der Waals surface area contributed by atoms with Crippen LogP contribution in [0.5, 0.6) is 0 Å². The Morgan fingerprint density at radius 3 is 2.69 bits per heavy atom. The third-order valence-corrected chi connectivity index (χ3v) is 3.42. The molecule has 0 aromatic carbocycles. The first kappa shape index (κ1) is 13.3. The Kier molecular flexibility index (Phi) is 4.62. The van der Waals surface area contributed by atoms with Crippen LogP contribution in [0.25, 0.3) is 0 Å². The molecule has 1 fully saturated rings. The van der Waals surface area contributed by atoms with Crippen molar-refractivity contribution in [2.45, 2.75) is 38.1 Å². The van der Waals surface area contributed by atoms with Gasteiger partial charge in [0.25, 0.3) is 5.56 Å². The van der Waals surface area contributed by atoms with Gasteiger partial charge in [-0.25, -0.2) is 0 Å². The van der Waals surface area contributed by atoms with E-state index in [1.54, 1.807) is 0 Å². The van der Waals surface area contributed by atoms with Gasteiger partial charge in [-0.05, 0) is 32.9 Å². The summed E-state index contributed by atoms with van der Waals surface area (Å²) in [6, 6.07) is 1.43. The first-order valence-electron chi connectivity index (χ1n) is 5.72. The minimum absolute atomic E-state index is 0.237. The average Bonchev–Trinajstić information content (AvgIpc) is 2.73. The molecule has 5 heteroatoms. The maximum Gasteiger partial charge on any atom is 0.280 e. The number of aromatic amines is 1. The molecule has 0 spiro atoms. The van der Waals surface area contributed by atoms with Crippen LogP contribution in [-0.4, -0.2) is 23.6 Å². The first-order chi connectivity index (χ1) is 7.63. The third kappa shape index (κ3) is 2.50. The molecule has 0 amide bonds. The lowest BCUT2D eigenvalue weighted by molar-refractivity contribution is 0.117. The number of hydrogen-bond acceptors (Lipinski definition) is 3. The van der Waals surface area contributed by atoms with Gasteiger partial charge in [-0.2, -0.15) is 5.16 Å². The molecule has 16 heavy (non-hydrogen) atoms. The number of halogens is 1. The lowest BCUT2D eigenvalue weighted by atomic mass is 10.0. The number of likely N-dealkylation sites (tertiary alicyclic amines) is 1. The largest absolute Gasteiger partial charge is 0.380 e. The Bertz CT molecular complexity index is 374. The van der Waals surface area contributed by atoms with Crippen molar-refractivity contribution >= 4 is 11.6 Å². The Labute approximate surface area is 101 Å². The van der Waals surface area contributed by atoms with E-state index < -0.39 is 5.00 Å². The van der Waals surface area contributed by atoms with Crippen molar-refractivity contribution in [3.8, 4) is 0 Å². The van der Waals surface area contributed by atoms with Gasteiger partial charge >= 0.3 is 0 Å². The van der Waals surface area contributed by atoms with Gasteiger partial charge in [0, 0.05) is 0 Å². The monoisotopic (exact) mass is 246 g/mol. The van der Waals surface area contributed by atoms with Gasteiger partial charge in [-0.1, -0.05) is 25.4 Å². The Balaban J connectivity index is 0.000000606. The second kappa shape index (κ2) is 5.55. The quantitative estimate of drug-likeness (QED) is 0.612. The predicted octanol–water partition coefficient (Wildman–Crippen LogP) is 2.50. The van der Waals surface area contributed by atoms with Crippen LogP contribution < -0.4 is 5.56 Å². The van der Waals surface area contributed by atoms with E-state index in [9.17, 15) is 4.79 Å². The highest BCUT2D eigenvalue weighted by molar-refractivity contribution is 6.23. The molecule has 92 valence electrons. The maximum absolute atomic E-state index is 11.0. The highest BCUT2D eigenvalue weighted by Crippen LogP contribution is 2.39. The van der Waals surface area contributed by atoms with Crippen LogP contribution in [0.1, 0.15) is 38.9 Å². The van der Waals surface area contributed by atoms with Crippen molar-refractivity contribution in [2.75, 3.05) is 13.6 Å². The number of H-pyrrole nitrogens is 1. The number of nitrogens with zero attached hydrogens (tertiary/aromatic N) is 1. The molecule has 1 aliphatic rings. The van der Waals surface area contributed by atoms with Crippen molar-refractivity contribution in [1.82, 2.24) is 10.1 Å². The van der Waals surface area contributed by atoms with Crippen LogP contribution in [0.3, 0.4) is 0 Å². The second-order valence-electron chi connectivity index (χ2n) is 3.71. The van der Waals surface area contributed by atoms with Crippen molar-refractivity contribution in [3.63, 3.8) is 0 Å². The second-order valence-corrected chi connectivity index (χ2v) is 4.34. The lowest BCUT2D eigenvalue weighted by Crippen LogP contribution is -2.42. The normalized spacial score (nSPS) is 26.0. The molecule has 0 bridgehead atoms. The minimum atomic E-state index is -0.641. The molecule has 1 saturated heterocycles. The van der Waals surface area contributed by atoms with Gasteiger partial charge in [0.2, 0.25) is 0 Å². The Morgan fingerprint density at radius 2 is 2.19 bits per heavy atom. The van der Waals surface area contributed by atoms with Crippen molar-refractivity contribution in [3.05, 3.63) is 22.2 Å². The fourth-order valence-corrected chi connectivity index (χ4v) is 2.17. The van der Waals surface area contributed by atoms with E-state index in [1.807, 2.05) is 25.8 Å². The predicted molar refractivity (Wildman–Crippen MR) is 64.7 cm³/mol. The van der Waals surface area contributed by atoms with E-state index in [4.69, 9.17) is 16.1 Å². The van der Waals surface area contributed by atoms with Crippen molar-refractivity contribution < 1.29 is 4.52 Å². The summed E-state index contributed by atoms with van der Waals surface area (Å²) in [6.07, 6.45) is 3.01. The van der Waals surface area contributed by atoms with Crippen LogP contribution in [0, 0.1) is 0 Å². The molecule has 0 saturated carbocycles. The molecule has 1 aromatic rings. The summed E-state index contributed by atoms with van der Waals surface area (Å²) in [6.45, 7) is 4.93. The summed E-state index contributed by atoms with van der Waals surface area (Å²) in [4.78, 5) is 12.3. The number of nitrogens with one attached hydrogen (secondary N) is 1. The molecule has 2 rings (SSSR count). The lowest BCUT2D eigenvalue weighted by Gasteiger charge is -2.38. The summed E-state index contributed by atoms with van der Waals surface area (Å²) < 4.78 is 5.07. The average molecular weight is 247 g/mol. The van der Waals surface area contributed by atoms with Gasteiger partial charge in [0.1, 0.15) is 0 Å². The molecule has 4 nitrogen and oxygen atoms in total. The Hall–Kier alpha value is -0.740. The zero-order valence-corrected chi connectivity index (χ0v) is 10.8. The number of rotatable bonds is 1. The minimum Gasteiger partial charge on any atom is -0.380 e. The summed E-state index contributed by atoms with van der Waals surface area (Å²) in [5, 5.41) is 2.27. The molecule has 1 aliphatic heterocycles. The molecule has 1 N–H and O–H groups in total. The van der Waals surface area contributed by atoms with Gasteiger partial charge in [0.15, 0.2) is 10.8 Å². The molecule has 1 aromatic heterocycles. The standard InChI is InChI=1S/C9H13ClN2O2.C2H6/c1-12-5-3-2-4-9(12,10)7-6-8(13)11-14-7;1-2/h6H,2-5H2,1H3,(H,11,13);1-2H3. The molecule has 1 atom stereocenters. The van der Waals surface area contributed by atoms with Crippen LogP contribution in [0.2, 0.25) is 0 Å². The van der Waals surface area contributed by atoms with E-state index in [2.05, 4.69) is 5.16 Å². The smallest absolute Gasteiger partial charge is 0.280 e. The van der Waals surface area contributed by atoms with Crippen LogP contribution in [-0.2, 0) is 5.00 Å². The number of piperidine rings is 1. The van der Waals surface area contributed by atoms with Gasteiger partial charge in [0.05, 0.1) is 6.07 Å². The fraction of sp³-hybridized carbons (Fsp3) is 0.727. The van der Waals surface area contributed by atoms with Crippen molar-refractivity contribution in [1.29, 1.82) is 0 Å². The summed E-state index contributed by atoms with van der Waals surface area (Å²) in [5.74, 6) is 0.520. The molecular weight excluding hydrogens is 228 g/mol. The molecule has 1 unspecified atom stereocenters. The highest BCUT2D eigenvalue weighted by Gasteiger charge is 2.39. The number of alkyl halides is 1. The molecule has 0 radical (unpaired) electrons. The SMILES string of the molecule is CC.CN1CCCCC1(Cl)c1cc(=O)[nH]o1. The summed E-state index contributed by atoms with van der Waals surface area (Å²) in [7, 11) is 1.94. The van der Waals surface area contributed by atoms with E-state index in [-0.39, 0.29) is 5.56 Å². The Morgan fingerprint density at radius 1 is 1.50 bits per heavy atom. The van der Waals surface area contributed by atoms with E-state index >= 15 is 0 Å². The molecule has 2 heterocycles. The zero-order chi connectivity index (χ0) is 12.2. The molecular formula is C11H19ClN2O2. The third-order valence-electron chi connectivity index (χ3n) is 2.76. The maximum atomic E-state index is 11.0. The van der Waals surface area contributed by atoms with Gasteiger partial charge in [-0.3, -0.25) is 9.69 Å². The number of aromatic nitrogens is 1. The first-order valence-corrected chi connectivity index (χ1v) is 6.10. The van der Waals surface area contributed by atoms with E-state index in [0.29, 0.717) is 5.76 Å². The fourth-order valence-electron chi connectivity index (χ4n) is 1.86. The molecule has 0 aliphatic carbocycles. The summed E-state index contributed by atoms with van der Waals surface area (Å²) >= 11 is 6.44. The highest BCUT2D eigenvalue weighted by atomic mass is 35.5. The van der Waals surface area contributed by atoms with Crippen LogP contribution in [0.4, 0.5) is 0 Å². The van der Waals surface area contributed by atoms with E-state index in [1.165, 1.54) is 6.07 Å². The zero-order valence-electron chi connectivity index (χ0n) is 10.0. The van der Waals surface area contributed by atoms with E-state index in [0.717, 1.165) is 25.8 Å². The van der Waals surface area contributed by atoms with Gasteiger partial charge in [-0.15, -0.1) is 0 Å². The van der Waals surface area contributed by atoms with Gasteiger partial charge < -0.3 is 4.52 Å². The van der Waals surface area contributed by atoms with Crippen LogP contribution >= 0.6 is 11.6 Å². The van der Waals surface area contributed by atoms with Crippen LogP contribution in [0.15, 0.2) is 15.4 Å². The van der Waals surface area contributed by atoms with Crippen molar-refractivity contribution in [2.24, 2.45) is 0 Å². The number of hydrogen-bond donors (Lipinski definition) is 1.